The molecule has 4 aromatic heterocycles. The van der Waals surface area contributed by atoms with Gasteiger partial charge in [0.1, 0.15) is 21.7 Å². The molecule has 0 radical (unpaired) electrons. The highest BCUT2D eigenvalue weighted by atomic mass is 32.1. The van der Waals surface area contributed by atoms with E-state index in [4.69, 9.17) is 18.3 Å². The van der Waals surface area contributed by atoms with Gasteiger partial charge in [0.15, 0.2) is 18.1 Å². The van der Waals surface area contributed by atoms with Crippen molar-refractivity contribution in [3.63, 3.8) is 0 Å². The lowest BCUT2D eigenvalue weighted by Crippen LogP contribution is -2.32. The van der Waals surface area contributed by atoms with E-state index >= 15 is 0 Å². The van der Waals surface area contributed by atoms with E-state index in [0.717, 1.165) is 22.7 Å². The molecule has 4 aromatic rings. The number of rotatable bonds is 9. The Balaban J connectivity index is 1.30. The highest BCUT2D eigenvalue weighted by molar-refractivity contribution is 7.11. The van der Waals surface area contributed by atoms with Crippen LogP contribution in [-0.2, 0) is 17.9 Å². The molecule has 198 valence electrons. The number of anilines is 1. The molecule has 4 heterocycles. The van der Waals surface area contributed by atoms with Crippen molar-refractivity contribution in [2.75, 3.05) is 11.5 Å². The van der Waals surface area contributed by atoms with Crippen molar-refractivity contribution in [1.29, 1.82) is 0 Å². The minimum Gasteiger partial charge on any atom is -0.477 e. The number of ether oxygens (including phenoxy) is 2. The average molecular weight is 539 g/mol. The molecule has 1 fully saturated rings. The molecule has 2 atom stereocenters. The minimum atomic E-state index is -0.862. The molecule has 1 aliphatic rings. The van der Waals surface area contributed by atoms with E-state index < -0.39 is 11.9 Å². The first-order valence-corrected chi connectivity index (χ1v) is 12.8. The molecule has 0 aliphatic heterocycles. The fraction of sp³-hybridized carbons (Fsp3) is 0.400. The molecular weight excluding hydrogens is 512 g/mol. The molecule has 38 heavy (non-hydrogen) atoms. The highest BCUT2D eigenvalue weighted by Crippen LogP contribution is 2.46. The number of aromatic nitrogens is 5. The summed E-state index contributed by atoms with van der Waals surface area (Å²) in [5, 5.41) is 9.49. The number of amides is 1. The zero-order valence-corrected chi connectivity index (χ0v) is 22.2. The van der Waals surface area contributed by atoms with Gasteiger partial charge >= 0.3 is 11.9 Å². The number of aryl methyl sites for hydroxylation is 4. The van der Waals surface area contributed by atoms with E-state index in [1.54, 1.807) is 19.9 Å². The number of hydrogen-bond acceptors (Lipinski definition) is 12. The summed E-state index contributed by atoms with van der Waals surface area (Å²) in [4.78, 5) is 39.2. The van der Waals surface area contributed by atoms with Crippen LogP contribution in [0.25, 0.3) is 0 Å². The van der Waals surface area contributed by atoms with Gasteiger partial charge in [0.25, 0.3) is 0 Å². The first-order valence-electron chi connectivity index (χ1n) is 12.0. The molecule has 0 aromatic carbocycles. The Hall–Kier alpha value is -4.13. The summed E-state index contributed by atoms with van der Waals surface area (Å²) < 4.78 is 21.2. The molecule has 0 bridgehead atoms. The zero-order valence-electron chi connectivity index (χ0n) is 21.3. The van der Waals surface area contributed by atoms with Gasteiger partial charge < -0.3 is 18.3 Å². The van der Waals surface area contributed by atoms with Crippen molar-refractivity contribution >= 4 is 23.2 Å². The fourth-order valence-corrected chi connectivity index (χ4v) is 4.61. The van der Waals surface area contributed by atoms with Gasteiger partial charge in [-0.1, -0.05) is 17.4 Å². The first-order chi connectivity index (χ1) is 18.2. The summed E-state index contributed by atoms with van der Waals surface area (Å²) in [5.74, 6) is 1.24. The predicted molar refractivity (Wildman–Crippen MR) is 135 cm³/mol. The van der Waals surface area contributed by atoms with Gasteiger partial charge in [-0.2, -0.15) is 4.98 Å². The number of nitrogens with zero attached hydrogens (tertiary/aromatic N) is 6. The quantitative estimate of drug-likeness (QED) is 0.304. The second-order valence-electron chi connectivity index (χ2n) is 9.07. The minimum absolute atomic E-state index is 0.0678. The predicted octanol–water partition coefficient (Wildman–Crippen LogP) is 4.03. The van der Waals surface area contributed by atoms with Crippen LogP contribution < -0.4 is 15.5 Å². The maximum absolute atomic E-state index is 13.2. The highest BCUT2D eigenvalue weighted by Gasteiger charge is 2.40. The second-order valence-corrected chi connectivity index (χ2v) is 10.3. The second kappa shape index (κ2) is 10.7. The van der Waals surface area contributed by atoms with Crippen molar-refractivity contribution in [2.45, 2.75) is 53.2 Å². The average Bonchev–Trinajstić information content (AvgIpc) is 3.42. The van der Waals surface area contributed by atoms with Crippen molar-refractivity contribution in [3.05, 3.63) is 73.6 Å². The Morgan fingerprint density at radius 3 is 2.68 bits per heavy atom. The monoisotopic (exact) mass is 538 g/mol. The summed E-state index contributed by atoms with van der Waals surface area (Å²) in [6, 6.07) is 5.71. The normalized spacial score (nSPS) is 16.3. The van der Waals surface area contributed by atoms with Gasteiger partial charge in [-0.05, 0) is 45.7 Å². The third-order valence-corrected chi connectivity index (χ3v) is 6.83. The molecule has 0 unspecified atom stereocenters. The van der Waals surface area contributed by atoms with Crippen LogP contribution in [0.4, 0.5) is 10.6 Å². The van der Waals surface area contributed by atoms with Gasteiger partial charge in [-0.25, -0.2) is 14.6 Å². The van der Waals surface area contributed by atoms with Gasteiger partial charge in [0.05, 0.1) is 13.2 Å². The summed E-state index contributed by atoms with van der Waals surface area (Å²) in [5.41, 5.74) is 2.19. The first kappa shape index (κ1) is 25.5. The summed E-state index contributed by atoms with van der Waals surface area (Å²) >= 11 is 1.35. The lowest BCUT2D eigenvalue weighted by molar-refractivity contribution is 0.136. The molecular formula is C25H26N6O6S. The summed E-state index contributed by atoms with van der Waals surface area (Å²) in [7, 11) is 0. The van der Waals surface area contributed by atoms with E-state index in [-0.39, 0.29) is 30.5 Å². The van der Waals surface area contributed by atoms with Crippen LogP contribution in [0.2, 0.25) is 0 Å². The smallest absolute Gasteiger partial charge is 0.477 e. The van der Waals surface area contributed by atoms with Crippen LogP contribution in [0, 0.1) is 33.6 Å². The van der Waals surface area contributed by atoms with Crippen molar-refractivity contribution in [2.24, 2.45) is 5.92 Å². The molecule has 0 saturated heterocycles. The largest absolute Gasteiger partial charge is 0.519 e. The third-order valence-electron chi connectivity index (χ3n) is 6.00. The number of pyridine rings is 1. The summed E-state index contributed by atoms with van der Waals surface area (Å²) in [6.45, 7) is 7.35. The molecule has 0 spiro atoms. The van der Waals surface area contributed by atoms with Crippen LogP contribution in [0.5, 0.6) is 5.88 Å². The van der Waals surface area contributed by atoms with Gasteiger partial charge in [0.2, 0.25) is 5.88 Å². The topological polar surface area (TPSA) is 147 Å². The van der Waals surface area contributed by atoms with E-state index in [9.17, 15) is 9.59 Å². The molecule has 12 nitrogen and oxygen atoms in total. The Morgan fingerprint density at radius 2 is 2.00 bits per heavy atom. The molecule has 0 N–H and O–H groups in total. The Morgan fingerprint density at radius 1 is 1.16 bits per heavy atom. The maximum atomic E-state index is 13.2. The lowest BCUT2D eigenvalue weighted by atomic mass is 10.2. The van der Waals surface area contributed by atoms with Crippen molar-refractivity contribution < 1.29 is 23.1 Å². The Bertz CT molecular complexity index is 1500. The van der Waals surface area contributed by atoms with E-state index in [0.29, 0.717) is 35.2 Å². The number of carbonyl (C=O) groups is 1. The van der Waals surface area contributed by atoms with E-state index in [2.05, 4.69) is 37.3 Å². The van der Waals surface area contributed by atoms with Crippen LogP contribution in [0.15, 0.2) is 38.0 Å². The third kappa shape index (κ3) is 6.05. The van der Waals surface area contributed by atoms with Crippen LogP contribution in [0.1, 0.15) is 51.0 Å². The Kier molecular flexibility index (Phi) is 7.18. The lowest BCUT2D eigenvalue weighted by Gasteiger charge is -2.20. The van der Waals surface area contributed by atoms with Crippen molar-refractivity contribution in [1.82, 2.24) is 25.1 Å². The molecule has 13 heteroatoms. The van der Waals surface area contributed by atoms with Gasteiger partial charge in [0, 0.05) is 29.8 Å². The molecule has 1 amide bonds. The maximum Gasteiger partial charge on any atom is 0.519 e. The van der Waals surface area contributed by atoms with Gasteiger partial charge in [-0.3, -0.25) is 9.88 Å². The van der Waals surface area contributed by atoms with Gasteiger partial charge in [-0.15, -0.1) is 10.2 Å². The van der Waals surface area contributed by atoms with Crippen molar-refractivity contribution in [3.8, 4) is 5.88 Å². The SMILES string of the molecule is Cc1ccc([C@H]2C[C@@H]2COc2cc(N(Cc3nnc(C)s3)C(=O)OCc3oc(=O)oc3C)nc(C)n2)nc1. The fourth-order valence-electron chi connectivity index (χ4n) is 3.91. The van der Waals surface area contributed by atoms with E-state index in [1.807, 2.05) is 20.0 Å². The molecule has 1 saturated carbocycles. The van der Waals surface area contributed by atoms with E-state index in [1.165, 1.54) is 16.2 Å². The number of hydrogen-bond donors (Lipinski definition) is 0. The standard InChI is InChI=1S/C25H26N6O6S/c1-13-5-6-19(26-9-13)18-7-17(18)11-34-22-8-21(27-15(3)28-22)31(10-23-30-29-16(4)38-23)24(32)35-12-20-14(2)36-25(33)37-20/h5-6,8-9,17-18H,7,10-12H2,1-4H3/t17-,18+/m1/s1. The zero-order chi connectivity index (χ0) is 26.8. The van der Waals surface area contributed by atoms with Crippen LogP contribution >= 0.6 is 11.3 Å². The van der Waals surface area contributed by atoms with Crippen LogP contribution in [0.3, 0.4) is 0 Å². The number of carbonyl (C=O) groups excluding carboxylic acids is 1. The molecule has 5 rings (SSSR count). The molecule has 1 aliphatic carbocycles. The summed E-state index contributed by atoms with van der Waals surface area (Å²) in [6.07, 6.45) is 2.14. The Labute approximate surface area is 221 Å². The van der Waals surface area contributed by atoms with Crippen LogP contribution in [-0.4, -0.2) is 37.8 Å².